The molecular formula is C11H11BrF2. The van der Waals surface area contributed by atoms with Crippen LogP contribution in [0.5, 0.6) is 0 Å². The van der Waals surface area contributed by atoms with Gasteiger partial charge in [-0.2, -0.15) is 0 Å². The van der Waals surface area contributed by atoms with Gasteiger partial charge < -0.3 is 0 Å². The molecule has 1 aliphatic rings. The molecule has 1 saturated carbocycles. The first-order chi connectivity index (χ1) is 6.68. The van der Waals surface area contributed by atoms with Gasteiger partial charge in [-0.25, -0.2) is 8.78 Å². The second-order valence-corrected chi connectivity index (χ2v) is 4.75. The molecule has 0 bridgehead atoms. The lowest BCUT2D eigenvalue weighted by atomic mass is 9.81. The minimum Gasteiger partial charge on any atom is -0.204 e. The van der Waals surface area contributed by atoms with E-state index in [9.17, 15) is 8.78 Å². The predicted molar refractivity (Wildman–Crippen MR) is 55.4 cm³/mol. The van der Waals surface area contributed by atoms with Crippen molar-refractivity contribution < 1.29 is 8.78 Å². The third-order valence-electron chi connectivity index (χ3n) is 2.83. The van der Waals surface area contributed by atoms with Crippen LogP contribution >= 0.6 is 15.9 Å². The van der Waals surface area contributed by atoms with E-state index in [1.807, 2.05) is 0 Å². The molecule has 1 aliphatic carbocycles. The number of benzene rings is 1. The highest BCUT2D eigenvalue weighted by Gasteiger charge is 2.26. The fraction of sp³-hybridized carbons (Fsp3) is 0.455. The quantitative estimate of drug-likeness (QED) is 0.700. The van der Waals surface area contributed by atoms with Gasteiger partial charge in [0.15, 0.2) is 11.6 Å². The fourth-order valence-electron chi connectivity index (χ4n) is 1.69. The molecule has 1 aromatic rings. The topological polar surface area (TPSA) is 0 Å². The minimum absolute atomic E-state index is 0.173. The Bertz CT molecular complexity index is 334. The summed E-state index contributed by atoms with van der Waals surface area (Å²) < 4.78 is 25.6. The van der Waals surface area contributed by atoms with Crippen molar-refractivity contribution in [3.8, 4) is 0 Å². The highest BCUT2D eigenvalue weighted by molar-refractivity contribution is 9.09. The van der Waals surface area contributed by atoms with Gasteiger partial charge in [-0.15, -0.1) is 0 Å². The molecule has 0 spiro atoms. The van der Waals surface area contributed by atoms with Crippen LogP contribution in [0.3, 0.4) is 0 Å². The van der Waals surface area contributed by atoms with Gasteiger partial charge in [-0.3, -0.25) is 0 Å². The monoisotopic (exact) mass is 260 g/mol. The summed E-state index contributed by atoms with van der Waals surface area (Å²) in [4.78, 5) is 0.173. The van der Waals surface area contributed by atoms with Crippen LogP contribution in [-0.2, 0) is 0 Å². The molecule has 1 atom stereocenters. The fourth-order valence-corrected chi connectivity index (χ4v) is 2.50. The molecular weight excluding hydrogens is 250 g/mol. The van der Waals surface area contributed by atoms with Crippen molar-refractivity contribution in [3.63, 3.8) is 0 Å². The number of rotatable bonds is 2. The van der Waals surface area contributed by atoms with Gasteiger partial charge in [0.1, 0.15) is 0 Å². The van der Waals surface area contributed by atoms with E-state index in [0.29, 0.717) is 5.92 Å². The number of alkyl halides is 1. The smallest absolute Gasteiger partial charge is 0.159 e. The van der Waals surface area contributed by atoms with Crippen LogP contribution in [0.25, 0.3) is 0 Å². The van der Waals surface area contributed by atoms with Crippen LogP contribution < -0.4 is 0 Å². The summed E-state index contributed by atoms with van der Waals surface area (Å²) in [6.45, 7) is 0. The summed E-state index contributed by atoms with van der Waals surface area (Å²) in [5, 5.41) is 0. The van der Waals surface area contributed by atoms with Gasteiger partial charge in [0, 0.05) is 4.83 Å². The largest absolute Gasteiger partial charge is 0.204 e. The zero-order chi connectivity index (χ0) is 10.1. The zero-order valence-electron chi connectivity index (χ0n) is 7.64. The highest BCUT2D eigenvalue weighted by Crippen LogP contribution is 2.43. The first-order valence-electron chi connectivity index (χ1n) is 4.77. The van der Waals surface area contributed by atoms with E-state index in [4.69, 9.17) is 0 Å². The Morgan fingerprint density at radius 1 is 1.21 bits per heavy atom. The van der Waals surface area contributed by atoms with Crippen molar-refractivity contribution in [2.24, 2.45) is 5.92 Å². The summed E-state index contributed by atoms with van der Waals surface area (Å²) in [6, 6.07) is 4.13. The lowest BCUT2D eigenvalue weighted by Gasteiger charge is -2.30. The van der Waals surface area contributed by atoms with E-state index in [-0.39, 0.29) is 4.83 Å². The molecule has 3 heteroatoms. The van der Waals surface area contributed by atoms with Crippen molar-refractivity contribution in [1.82, 2.24) is 0 Å². The average molecular weight is 261 g/mol. The molecule has 0 aliphatic heterocycles. The van der Waals surface area contributed by atoms with Crippen molar-refractivity contribution in [2.75, 3.05) is 0 Å². The van der Waals surface area contributed by atoms with Crippen LogP contribution in [0.1, 0.15) is 29.7 Å². The molecule has 2 rings (SSSR count). The summed E-state index contributed by atoms with van der Waals surface area (Å²) in [7, 11) is 0. The van der Waals surface area contributed by atoms with E-state index in [1.54, 1.807) is 6.07 Å². The summed E-state index contributed by atoms with van der Waals surface area (Å²) >= 11 is 3.53. The molecule has 0 aromatic heterocycles. The van der Waals surface area contributed by atoms with E-state index < -0.39 is 11.6 Å². The van der Waals surface area contributed by atoms with Gasteiger partial charge in [0.05, 0.1) is 0 Å². The van der Waals surface area contributed by atoms with Crippen LogP contribution in [0.4, 0.5) is 8.78 Å². The summed E-state index contributed by atoms with van der Waals surface area (Å²) in [5.74, 6) is -0.951. The van der Waals surface area contributed by atoms with Crippen molar-refractivity contribution >= 4 is 15.9 Å². The first-order valence-corrected chi connectivity index (χ1v) is 5.69. The van der Waals surface area contributed by atoms with E-state index in [1.165, 1.54) is 31.4 Å². The van der Waals surface area contributed by atoms with Crippen molar-refractivity contribution in [2.45, 2.75) is 24.1 Å². The summed E-state index contributed by atoms with van der Waals surface area (Å²) in [6.07, 6.45) is 3.60. The van der Waals surface area contributed by atoms with Crippen LogP contribution in [-0.4, -0.2) is 0 Å². The van der Waals surface area contributed by atoms with Crippen molar-refractivity contribution in [1.29, 1.82) is 0 Å². The van der Waals surface area contributed by atoms with Crippen LogP contribution in [0, 0.1) is 17.6 Å². The lowest BCUT2D eigenvalue weighted by molar-refractivity contribution is 0.311. The Labute approximate surface area is 90.4 Å². The summed E-state index contributed by atoms with van der Waals surface area (Å²) in [5.41, 5.74) is 0.841. The highest BCUT2D eigenvalue weighted by atomic mass is 79.9. The van der Waals surface area contributed by atoms with Crippen LogP contribution in [0.2, 0.25) is 0 Å². The lowest BCUT2D eigenvalue weighted by Crippen LogP contribution is -2.16. The molecule has 0 N–H and O–H groups in total. The van der Waals surface area contributed by atoms with Gasteiger partial charge >= 0.3 is 0 Å². The second-order valence-electron chi connectivity index (χ2n) is 3.77. The molecule has 76 valence electrons. The second kappa shape index (κ2) is 3.97. The van der Waals surface area contributed by atoms with Crippen molar-refractivity contribution in [3.05, 3.63) is 35.4 Å². The minimum atomic E-state index is -0.776. The Balaban J connectivity index is 2.18. The Morgan fingerprint density at radius 2 is 1.93 bits per heavy atom. The maximum atomic E-state index is 12.9. The maximum absolute atomic E-state index is 12.9. The number of hydrogen-bond acceptors (Lipinski definition) is 0. The Hall–Kier alpha value is -0.440. The van der Waals surface area contributed by atoms with Crippen LogP contribution in [0.15, 0.2) is 18.2 Å². The van der Waals surface area contributed by atoms with E-state index in [0.717, 1.165) is 5.56 Å². The van der Waals surface area contributed by atoms with Gasteiger partial charge in [0.25, 0.3) is 0 Å². The molecule has 1 unspecified atom stereocenters. The molecule has 0 nitrogen and oxygen atoms in total. The molecule has 0 amide bonds. The Kier molecular flexibility index (Phi) is 2.86. The Morgan fingerprint density at radius 3 is 2.43 bits per heavy atom. The molecule has 14 heavy (non-hydrogen) atoms. The standard InChI is InChI=1S/C11H11BrF2/c12-11(7-2-1-3-7)8-4-5-9(13)10(14)6-8/h4-7,11H,1-3H2. The predicted octanol–water partition coefficient (Wildman–Crippen LogP) is 4.20. The third-order valence-corrected chi connectivity index (χ3v) is 4.10. The third kappa shape index (κ3) is 1.83. The number of halogens is 3. The van der Waals surface area contributed by atoms with Gasteiger partial charge in [0.2, 0.25) is 0 Å². The normalized spacial score (nSPS) is 19.1. The zero-order valence-corrected chi connectivity index (χ0v) is 9.23. The molecule has 0 radical (unpaired) electrons. The SMILES string of the molecule is Fc1ccc(C(Br)C2CCC2)cc1F. The first kappa shape index (κ1) is 10.1. The molecule has 0 heterocycles. The molecule has 0 saturated heterocycles. The molecule has 1 fully saturated rings. The van der Waals surface area contributed by atoms with Gasteiger partial charge in [-0.1, -0.05) is 28.4 Å². The van der Waals surface area contributed by atoms with Gasteiger partial charge in [-0.05, 0) is 36.5 Å². The number of hydrogen-bond donors (Lipinski definition) is 0. The maximum Gasteiger partial charge on any atom is 0.159 e. The molecule has 1 aromatic carbocycles. The van der Waals surface area contributed by atoms with E-state index >= 15 is 0 Å². The van der Waals surface area contributed by atoms with E-state index in [2.05, 4.69) is 15.9 Å². The average Bonchev–Trinajstić information content (AvgIpc) is 2.06.